The van der Waals surface area contributed by atoms with E-state index in [9.17, 15) is 72.5 Å². The first-order valence-electron chi connectivity index (χ1n) is 30.4. The Balaban J connectivity index is 2.27. The maximum Gasteiger partial charge on any atom is 0.326 e. The Morgan fingerprint density at radius 2 is 1.09 bits per heavy atom. The van der Waals surface area contributed by atoms with Crippen molar-refractivity contribution in [3.8, 4) is 0 Å². The molecule has 0 bridgehead atoms. The molecule has 1 aromatic rings. The maximum absolute atomic E-state index is 14.6. The first-order valence-corrected chi connectivity index (χ1v) is 30.4. The van der Waals surface area contributed by atoms with Crippen molar-refractivity contribution in [3.05, 3.63) is 35.9 Å². The molecule has 12 amide bonds. The van der Waals surface area contributed by atoms with E-state index in [0.29, 0.717) is 12.0 Å². The van der Waals surface area contributed by atoms with Crippen LogP contribution in [0.4, 0.5) is 0 Å². The average molecular weight is 1270 g/mol. The van der Waals surface area contributed by atoms with E-state index in [-0.39, 0.29) is 94.6 Å². The Kier molecular flexibility index (Phi) is 33.5. The number of hydrogen-bond donors (Lipinski definition) is 16. The smallest absolute Gasteiger partial charge is 0.326 e. The number of nitrogens with one attached hydrogen (secondary N) is 10. The van der Waals surface area contributed by atoms with Gasteiger partial charge in [-0.2, -0.15) is 0 Å². The number of guanidine groups is 1. The number of aliphatic hydroxyl groups is 1. The van der Waals surface area contributed by atoms with Crippen LogP contribution >= 0.6 is 0 Å². The van der Waals surface area contributed by atoms with Crippen molar-refractivity contribution in [2.75, 3.05) is 26.2 Å². The van der Waals surface area contributed by atoms with Crippen molar-refractivity contribution in [1.82, 2.24) is 58.1 Å². The van der Waals surface area contributed by atoms with Crippen LogP contribution in [0.25, 0.3) is 0 Å². The molecule has 1 saturated heterocycles. The number of rotatable bonds is 39. The van der Waals surface area contributed by atoms with Crippen molar-refractivity contribution in [2.24, 2.45) is 51.6 Å². The van der Waals surface area contributed by atoms with Gasteiger partial charge in [0.25, 0.3) is 0 Å². The third kappa shape index (κ3) is 28.3. The quantitative estimate of drug-likeness (QED) is 0.0171. The van der Waals surface area contributed by atoms with Gasteiger partial charge in [-0.25, -0.2) is 4.79 Å². The standard InChI is InChI=1S/C59H98N16O15/c1-30(2)24-39(71-52(83)38(18-14-22-64-59(62)63)70-50(81)37(60)20-21-44(61)77)51(82)66-29-45(78)68-41(27-36-16-12-11-13-17-36)57(88)75-23-15-19-43(75)54(85)73-47(33(7)8)55(86)74-48(35(10)76)56(87)72-40(25-31(3)4)53(84)67-34(9)49(80)65-28-46(79)69-42(58(89)90)26-32(5)6/h11-13,16-17,30-35,37-43,47-48,76H,14-15,18-29,60H2,1-10H3,(H2,61,77)(H,65,80)(H,66,82)(H,67,84)(H,68,78)(H,69,79)(H,70,81)(H,71,83)(H,72,87)(H,73,85)(H,74,86)(H,89,90)(H4,62,63,64)/t34-,35+,37-,38-,39-,40-,41-,42-,43-,47-,48-/m0/s1. The van der Waals surface area contributed by atoms with E-state index in [1.807, 2.05) is 0 Å². The third-order valence-electron chi connectivity index (χ3n) is 14.3. The number of primary amides is 1. The minimum atomic E-state index is -1.68. The summed E-state index contributed by atoms with van der Waals surface area (Å²) in [6.07, 6.45) is -0.896. The Hall–Kier alpha value is -8.48. The molecule has 31 heteroatoms. The highest BCUT2D eigenvalue weighted by Crippen LogP contribution is 2.21. The number of carboxylic acid groups (broad SMARTS) is 1. The van der Waals surface area contributed by atoms with E-state index in [1.54, 1.807) is 85.7 Å². The number of carbonyl (C=O) groups is 13. The number of nitrogens with two attached hydrogens (primary N) is 4. The molecule has 1 aliphatic heterocycles. The molecule has 1 fully saturated rings. The van der Waals surface area contributed by atoms with Crippen LogP contribution in [0.15, 0.2) is 35.3 Å². The van der Waals surface area contributed by atoms with Crippen LogP contribution in [0, 0.1) is 23.7 Å². The van der Waals surface area contributed by atoms with Gasteiger partial charge < -0.3 is 91.2 Å². The minimum absolute atomic E-state index is 0.00862. The predicted octanol–water partition coefficient (Wildman–Crippen LogP) is -3.74. The summed E-state index contributed by atoms with van der Waals surface area (Å²) in [4.78, 5) is 178. The molecule has 2 rings (SSSR count). The van der Waals surface area contributed by atoms with E-state index in [0.717, 1.165) is 0 Å². The van der Waals surface area contributed by atoms with E-state index < -0.39 is 162 Å². The Bertz CT molecular complexity index is 2650. The predicted molar refractivity (Wildman–Crippen MR) is 331 cm³/mol. The normalized spacial score (nSPS) is 16.3. The number of likely N-dealkylation sites (tertiary alicyclic amines) is 1. The summed E-state index contributed by atoms with van der Waals surface area (Å²) in [5.74, 6) is -12.0. The molecule has 0 saturated carbocycles. The topological polar surface area (TPSA) is 502 Å². The molecule has 0 spiro atoms. The molecule has 0 aromatic heterocycles. The Labute approximate surface area is 525 Å². The van der Waals surface area contributed by atoms with Gasteiger partial charge in [0, 0.05) is 25.9 Å². The SMILES string of the molecule is CC(C)C[C@H](NC(=O)CNC(=O)[C@H](C)NC(=O)[C@H](CC(C)C)NC(=O)[C@@H](NC(=O)[C@@H](NC(=O)[C@@H]1CCCN1C(=O)[C@H](Cc1ccccc1)NC(=O)CNC(=O)[C@H](CC(C)C)NC(=O)[C@H](CCCN=C(N)N)NC(=O)[C@@H](N)CCC(N)=O)C(C)C)[C@@H](C)O)C(=O)O. The summed E-state index contributed by atoms with van der Waals surface area (Å²) in [7, 11) is 0. The van der Waals surface area contributed by atoms with Gasteiger partial charge in [0.05, 0.1) is 25.2 Å². The lowest BCUT2D eigenvalue weighted by Gasteiger charge is -2.31. The van der Waals surface area contributed by atoms with Crippen LogP contribution in [0.1, 0.15) is 133 Å². The lowest BCUT2D eigenvalue weighted by Crippen LogP contribution is -2.62. The molecular weight excluding hydrogens is 1170 g/mol. The van der Waals surface area contributed by atoms with Gasteiger partial charge in [0.15, 0.2) is 5.96 Å². The first kappa shape index (κ1) is 77.6. The molecule has 90 heavy (non-hydrogen) atoms. The van der Waals surface area contributed by atoms with Crippen LogP contribution in [-0.2, 0) is 68.7 Å². The molecule has 1 aromatic carbocycles. The average Bonchev–Trinajstić information content (AvgIpc) is 1.69. The van der Waals surface area contributed by atoms with Crippen LogP contribution in [-0.4, -0.2) is 191 Å². The highest BCUT2D eigenvalue weighted by molar-refractivity contribution is 5.99. The van der Waals surface area contributed by atoms with Crippen LogP contribution < -0.4 is 76.1 Å². The second kappa shape index (κ2) is 38.8. The monoisotopic (exact) mass is 1270 g/mol. The Morgan fingerprint density at radius 1 is 0.578 bits per heavy atom. The lowest BCUT2D eigenvalue weighted by atomic mass is 10.00. The number of aliphatic hydroxyl groups excluding tert-OH is 1. The maximum atomic E-state index is 14.6. The molecule has 0 aliphatic carbocycles. The van der Waals surface area contributed by atoms with Crippen molar-refractivity contribution >= 4 is 82.8 Å². The van der Waals surface area contributed by atoms with Crippen molar-refractivity contribution in [3.63, 3.8) is 0 Å². The van der Waals surface area contributed by atoms with Crippen LogP contribution in [0.5, 0.6) is 0 Å². The summed E-state index contributed by atoms with van der Waals surface area (Å²) in [6.45, 7) is 15.3. The Morgan fingerprint density at radius 3 is 1.62 bits per heavy atom. The number of carbonyl (C=O) groups excluding carboxylic acids is 12. The summed E-state index contributed by atoms with van der Waals surface area (Å²) >= 11 is 0. The van der Waals surface area contributed by atoms with Crippen molar-refractivity contribution in [1.29, 1.82) is 0 Å². The summed E-state index contributed by atoms with van der Waals surface area (Å²) in [5, 5.41) is 45.6. The number of nitrogens with zero attached hydrogens (tertiary/aromatic N) is 2. The van der Waals surface area contributed by atoms with Gasteiger partial charge in [-0.3, -0.25) is 62.5 Å². The van der Waals surface area contributed by atoms with E-state index in [4.69, 9.17) is 22.9 Å². The zero-order chi connectivity index (χ0) is 68.1. The summed E-state index contributed by atoms with van der Waals surface area (Å²) in [6, 6.07) is -4.21. The summed E-state index contributed by atoms with van der Waals surface area (Å²) < 4.78 is 0. The highest BCUT2D eigenvalue weighted by Gasteiger charge is 2.41. The van der Waals surface area contributed by atoms with E-state index in [2.05, 4.69) is 58.2 Å². The molecule has 504 valence electrons. The fourth-order valence-corrected chi connectivity index (χ4v) is 9.58. The first-order chi connectivity index (χ1) is 42.1. The van der Waals surface area contributed by atoms with Gasteiger partial charge >= 0.3 is 5.97 Å². The van der Waals surface area contributed by atoms with Crippen molar-refractivity contribution in [2.45, 2.75) is 200 Å². The van der Waals surface area contributed by atoms with Crippen LogP contribution in [0.3, 0.4) is 0 Å². The lowest BCUT2D eigenvalue weighted by molar-refractivity contribution is -0.142. The number of carboxylic acids is 1. The van der Waals surface area contributed by atoms with Gasteiger partial charge in [-0.1, -0.05) is 85.7 Å². The summed E-state index contributed by atoms with van der Waals surface area (Å²) in [5.41, 5.74) is 22.7. The second-order valence-electron chi connectivity index (χ2n) is 24.2. The van der Waals surface area contributed by atoms with E-state index >= 15 is 0 Å². The highest BCUT2D eigenvalue weighted by atomic mass is 16.4. The van der Waals surface area contributed by atoms with Gasteiger partial charge in [-0.05, 0) is 94.4 Å². The largest absolute Gasteiger partial charge is 0.480 e. The fraction of sp³-hybridized carbons (Fsp3) is 0.661. The molecule has 11 atom stereocenters. The number of benzene rings is 1. The molecule has 31 nitrogen and oxygen atoms in total. The van der Waals surface area contributed by atoms with Gasteiger partial charge in [-0.15, -0.1) is 0 Å². The zero-order valence-corrected chi connectivity index (χ0v) is 53.4. The number of amides is 12. The second-order valence-corrected chi connectivity index (χ2v) is 24.2. The molecule has 0 radical (unpaired) electrons. The molecule has 1 aliphatic rings. The van der Waals surface area contributed by atoms with E-state index in [1.165, 1.54) is 18.7 Å². The van der Waals surface area contributed by atoms with Gasteiger partial charge in [0.1, 0.15) is 54.4 Å². The zero-order valence-electron chi connectivity index (χ0n) is 53.4. The number of aliphatic imine (C=N–C) groups is 1. The van der Waals surface area contributed by atoms with Gasteiger partial charge in [0.2, 0.25) is 70.9 Å². The molecular formula is C59H98N16O15. The fourth-order valence-electron chi connectivity index (χ4n) is 9.58. The number of hydrogen-bond acceptors (Lipinski definition) is 16. The number of aliphatic carboxylic acids is 1. The van der Waals surface area contributed by atoms with Crippen molar-refractivity contribution < 1.29 is 72.5 Å². The molecule has 1 heterocycles. The van der Waals surface area contributed by atoms with Crippen LogP contribution in [0.2, 0.25) is 0 Å². The minimum Gasteiger partial charge on any atom is -0.480 e. The third-order valence-corrected chi connectivity index (χ3v) is 14.3. The molecule has 20 N–H and O–H groups in total. The molecule has 0 unspecified atom stereocenters.